The zero-order valence-electron chi connectivity index (χ0n) is 12.9. The molecule has 116 valence electrons. The van der Waals surface area contributed by atoms with Gasteiger partial charge in [0, 0.05) is 23.5 Å². The third-order valence-corrected chi connectivity index (χ3v) is 4.68. The summed E-state index contributed by atoms with van der Waals surface area (Å²) in [5, 5.41) is 0. The van der Waals surface area contributed by atoms with Crippen LogP contribution in [0, 0.1) is 0 Å². The maximum atomic E-state index is 12.0. The largest absolute Gasteiger partial charge is 0.462 e. The number of nitrogens with zero attached hydrogens (tertiary/aromatic N) is 1. The van der Waals surface area contributed by atoms with E-state index in [1.165, 1.54) is 19.3 Å². The molecule has 2 unspecified atom stereocenters. The summed E-state index contributed by atoms with van der Waals surface area (Å²) in [5.41, 5.74) is 0.542. The Balaban J connectivity index is 1.74. The molecule has 3 nitrogen and oxygen atoms in total. The average molecular weight is 307 g/mol. The number of benzene rings is 1. The highest BCUT2D eigenvalue weighted by Gasteiger charge is 2.23. The molecule has 0 aromatic heterocycles. The zero-order valence-corrected chi connectivity index (χ0v) is 13.8. The first-order valence-electron chi connectivity index (χ1n) is 7.80. The number of hydrogen-bond acceptors (Lipinski definition) is 4. The van der Waals surface area contributed by atoms with Gasteiger partial charge < -0.3 is 4.74 Å². The Hall–Kier alpha value is -1.00. The number of piperidine rings is 1. The van der Waals surface area contributed by atoms with E-state index in [1.54, 1.807) is 12.1 Å². The number of carbonyl (C=O) groups is 1. The van der Waals surface area contributed by atoms with Crippen molar-refractivity contribution in [2.75, 3.05) is 13.2 Å². The van der Waals surface area contributed by atoms with E-state index in [1.807, 2.05) is 12.1 Å². The van der Waals surface area contributed by atoms with Crippen LogP contribution >= 0.6 is 12.6 Å². The molecular formula is C17H25NO2S. The molecule has 0 spiro atoms. The summed E-state index contributed by atoms with van der Waals surface area (Å²) in [5.74, 6) is -0.277. The van der Waals surface area contributed by atoms with Crippen molar-refractivity contribution >= 4 is 18.6 Å². The molecule has 1 saturated heterocycles. The molecule has 4 heteroatoms. The van der Waals surface area contributed by atoms with Gasteiger partial charge in [0.05, 0.1) is 12.2 Å². The number of carbonyl (C=O) groups excluding carboxylic acids is 1. The first-order valence-corrected chi connectivity index (χ1v) is 8.25. The third kappa shape index (κ3) is 4.48. The molecular weight excluding hydrogens is 282 g/mol. The summed E-state index contributed by atoms with van der Waals surface area (Å²) < 4.78 is 5.36. The molecule has 1 aliphatic heterocycles. The van der Waals surface area contributed by atoms with E-state index in [2.05, 4.69) is 31.4 Å². The fourth-order valence-corrected chi connectivity index (χ4v) is 3.30. The quantitative estimate of drug-likeness (QED) is 0.510. The SMILES string of the molecule is CC1CCCC(C)N1CCCOC(=O)c1ccccc1S. The Labute approximate surface area is 133 Å². The molecule has 0 N–H and O–H groups in total. The fraction of sp³-hybridized carbons (Fsp3) is 0.588. The van der Waals surface area contributed by atoms with Crippen molar-refractivity contribution in [2.24, 2.45) is 0 Å². The van der Waals surface area contributed by atoms with Crippen LogP contribution in [0.3, 0.4) is 0 Å². The van der Waals surface area contributed by atoms with Gasteiger partial charge in [-0.3, -0.25) is 4.90 Å². The highest BCUT2D eigenvalue weighted by atomic mass is 32.1. The van der Waals surface area contributed by atoms with Crippen molar-refractivity contribution in [3.05, 3.63) is 29.8 Å². The maximum Gasteiger partial charge on any atom is 0.339 e. The van der Waals surface area contributed by atoms with Crippen molar-refractivity contribution in [1.82, 2.24) is 4.90 Å². The standard InChI is InChI=1S/C17H25NO2S/c1-13-7-5-8-14(2)18(13)11-6-12-20-17(19)15-9-3-4-10-16(15)21/h3-4,9-10,13-14,21H,5-8,11-12H2,1-2H3. The minimum absolute atomic E-state index is 0.277. The molecule has 1 aromatic rings. The second-order valence-electron chi connectivity index (χ2n) is 5.87. The van der Waals surface area contributed by atoms with Crippen LogP contribution in [-0.4, -0.2) is 36.1 Å². The molecule has 1 heterocycles. The molecule has 0 amide bonds. The Morgan fingerprint density at radius 2 is 1.95 bits per heavy atom. The lowest BCUT2D eigenvalue weighted by Gasteiger charge is -2.38. The molecule has 21 heavy (non-hydrogen) atoms. The summed E-state index contributed by atoms with van der Waals surface area (Å²) in [6.45, 7) is 6.05. The lowest BCUT2D eigenvalue weighted by molar-refractivity contribution is 0.0446. The van der Waals surface area contributed by atoms with Gasteiger partial charge in [-0.05, 0) is 45.2 Å². The lowest BCUT2D eigenvalue weighted by Crippen LogP contribution is -2.44. The predicted octanol–water partition coefficient (Wildman–Crippen LogP) is 3.79. The summed E-state index contributed by atoms with van der Waals surface area (Å²) in [4.78, 5) is 15.2. The summed E-state index contributed by atoms with van der Waals surface area (Å²) >= 11 is 4.28. The van der Waals surface area contributed by atoms with Crippen LogP contribution in [0.15, 0.2) is 29.2 Å². The van der Waals surface area contributed by atoms with E-state index >= 15 is 0 Å². The van der Waals surface area contributed by atoms with Crippen LogP contribution in [0.5, 0.6) is 0 Å². The second-order valence-corrected chi connectivity index (χ2v) is 6.36. The van der Waals surface area contributed by atoms with Gasteiger partial charge in [-0.15, -0.1) is 12.6 Å². The van der Waals surface area contributed by atoms with Gasteiger partial charge in [0.25, 0.3) is 0 Å². The molecule has 0 saturated carbocycles. The summed E-state index contributed by atoms with van der Waals surface area (Å²) in [6.07, 6.45) is 4.76. The smallest absolute Gasteiger partial charge is 0.339 e. The average Bonchev–Trinajstić information content (AvgIpc) is 2.46. The normalized spacial score (nSPS) is 23.0. The van der Waals surface area contributed by atoms with Crippen molar-refractivity contribution in [3.63, 3.8) is 0 Å². The molecule has 1 fully saturated rings. The lowest BCUT2D eigenvalue weighted by atomic mass is 9.97. The number of hydrogen-bond donors (Lipinski definition) is 1. The van der Waals surface area contributed by atoms with Gasteiger partial charge in [0.1, 0.15) is 0 Å². The van der Waals surface area contributed by atoms with Gasteiger partial charge in [0.2, 0.25) is 0 Å². The van der Waals surface area contributed by atoms with Crippen molar-refractivity contribution in [3.8, 4) is 0 Å². The van der Waals surface area contributed by atoms with E-state index in [0.29, 0.717) is 29.1 Å². The third-order valence-electron chi connectivity index (χ3n) is 4.29. The highest BCUT2D eigenvalue weighted by molar-refractivity contribution is 7.80. The zero-order chi connectivity index (χ0) is 15.2. The number of rotatable bonds is 5. The molecule has 2 rings (SSSR count). The van der Waals surface area contributed by atoms with Crippen LogP contribution in [0.4, 0.5) is 0 Å². The Morgan fingerprint density at radius 3 is 2.62 bits per heavy atom. The maximum absolute atomic E-state index is 12.0. The predicted molar refractivity (Wildman–Crippen MR) is 88.1 cm³/mol. The Kier molecular flexibility index (Phi) is 6.12. The van der Waals surface area contributed by atoms with Crippen LogP contribution in [-0.2, 0) is 4.74 Å². The molecule has 2 atom stereocenters. The van der Waals surface area contributed by atoms with E-state index in [0.717, 1.165) is 13.0 Å². The van der Waals surface area contributed by atoms with Crippen molar-refractivity contribution in [2.45, 2.75) is 56.5 Å². The van der Waals surface area contributed by atoms with Gasteiger partial charge in [-0.2, -0.15) is 0 Å². The molecule has 0 bridgehead atoms. The van der Waals surface area contributed by atoms with Crippen LogP contribution < -0.4 is 0 Å². The highest BCUT2D eigenvalue weighted by Crippen LogP contribution is 2.22. The molecule has 1 aliphatic rings. The van der Waals surface area contributed by atoms with E-state index < -0.39 is 0 Å². The number of thiol groups is 1. The van der Waals surface area contributed by atoms with Crippen LogP contribution in [0.2, 0.25) is 0 Å². The van der Waals surface area contributed by atoms with Crippen LogP contribution in [0.25, 0.3) is 0 Å². The topological polar surface area (TPSA) is 29.5 Å². The van der Waals surface area contributed by atoms with Crippen molar-refractivity contribution in [1.29, 1.82) is 0 Å². The Morgan fingerprint density at radius 1 is 1.29 bits per heavy atom. The molecule has 1 aromatic carbocycles. The number of likely N-dealkylation sites (tertiary alicyclic amines) is 1. The number of ether oxygens (including phenoxy) is 1. The number of esters is 1. The minimum Gasteiger partial charge on any atom is -0.462 e. The fourth-order valence-electron chi connectivity index (χ4n) is 3.05. The summed E-state index contributed by atoms with van der Waals surface area (Å²) in [7, 11) is 0. The van der Waals surface area contributed by atoms with E-state index in [4.69, 9.17) is 4.74 Å². The van der Waals surface area contributed by atoms with Crippen molar-refractivity contribution < 1.29 is 9.53 Å². The van der Waals surface area contributed by atoms with Gasteiger partial charge in [0.15, 0.2) is 0 Å². The molecule has 0 radical (unpaired) electrons. The van der Waals surface area contributed by atoms with Crippen LogP contribution in [0.1, 0.15) is 49.9 Å². The van der Waals surface area contributed by atoms with E-state index in [-0.39, 0.29) is 5.97 Å². The Bertz CT molecular complexity index is 468. The molecule has 0 aliphatic carbocycles. The van der Waals surface area contributed by atoms with Gasteiger partial charge >= 0.3 is 5.97 Å². The van der Waals surface area contributed by atoms with Gasteiger partial charge in [-0.1, -0.05) is 18.6 Å². The first-order chi connectivity index (χ1) is 10.1. The first kappa shape index (κ1) is 16.4. The van der Waals surface area contributed by atoms with Gasteiger partial charge in [-0.25, -0.2) is 4.79 Å². The minimum atomic E-state index is -0.277. The second kappa shape index (κ2) is 7.85. The summed E-state index contributed by atoms with van der Waals surface area (Å²) in [6, 6.07) is 8.52. The van der Waals surface area contributed by atoms with E-state index in [9.17, 15) is 4.79 Å². The monoisotopic (exact) mass is 307 g/mol.